The summed E-state index contributed by atoms with van der Waals surface area (Å²) in [6, 6.07) is 71.7. The van der Waals surface area contributed by atoms with E-state index in [4.69, 9.17) is 6.57 Å². The summed E-state index contributed by atoms with van der Waals surface area (Å²) in [5, 5.41) is 19.3. The minimum Gasteiger partial charge on any atom is -0.309 e. The van der Waals surface area contributed by atoms with Gasteiger partial charge in [0.1, 0.15) is 0 Å². The summed E-state index contributed by atoms with van der Waals surface area (Å²) >= 11 is 0. The zero-order valence-corrected chi connectivity index (χ0v) is 38.0. The lowest BCUT2D eigenvalue weighted by atomic mass is 9.95. The van der Waals surface area contributed by atoms with Crippen LogP contribution in [0.1, 0.15) is 11.1 Å². The van der Waals surface area contributed by atoms with Gasteiger partial charge in [-0.2, -0.15) is 18.4 Å². The van der Waals surface area contributed by atoms with E-state index >= 15 is 0 Å². The van der Waals surface area contributed by atoms with E-state index in [-0.39, 0.29) is 5.69 Å². The highest BCUT2D eigenvalue weighted by molar-refractivity contribution is 6.15. The van der Waals surface area contributed by atoms with Crippen LogP contribution in [-0.4, -0.2) is 18.3 Å². The van der Waals surface area contributed by atoms with Gasteiger partial charge in [-0.1, -0.05) is 133 Å². The number of para-hydroxylation sites is 6. The Hall–Kier alpha value is -9.83. The van der Waals surface area contributed by atoms with E-state index in [9.17, 15) is 18.4 Å². The van der Waals surface area contributed by atoms with Crippen LogP contribution in [0.5, 0.6) is 0 Å². The van der Waals surface area contributed by atoms with Crippen molar-refractivity contribution in [2.24, 2.45) is 0 Å². The summed E-state index contributed by atoms with van der Waals surface area (Å²) in [4.78, 5) is 3.83. The fourth-order valence-electron chi connectivity index (χ4n) is 11.4. The van der Waals surface area contributed by atoms with E-state index in [1.165, 1.54) is 6.07 Å². The second-order valence-corrected chi connectivity index (χ2v) is 18.2. The van der Waals surface area contributed by atoms with Crippen molar-refractivity contribution in [2.75, 3.05) is 0 Å². The third-order valence-electron chi connectivity index (χ3n) is 14.4. The maximum Gasteiger partial charge on any atom is 0.415 e. The zero-order chi connectivity index (χ0) is 48.4. The molecule has 0 aliphatic rings. The van der Waals surface area contributed by atoms with Crippen LogP contribution in [-0.2, 0) is 6.18 Å². The van der Waals surface area contributed by atoms with Crippen LogP contribution >= 0.6 is 0 Å². The minimum atomic E-state index is -4.69. The first-order valence-electron chi connectivity index (χ1n) is 23.5. The summed E-state index contributed by atoms with van der Waals surface area (Å²) in [7, 11) is 0. The molecule has 0 aliphatic heterocycles. The standard InChI is InChI=1S/C63H35F3N6/c1-68-51-34-39(63(64,65)66)26-29-50(51)62-60(71-56-24-12-6-18-46(56)48-30-27-40(35-58(48)71)69-52-20-8-2-14-42(52)43-15-3-9-21-53(43)69)32-38(37-67)33-61(62)72-57-25-13-7-19-47(57)49-31-28-41(36-59(49)72)70-54-22-10-4-16-44(54)45-17-5-11-23-55(45)70/h2-36H. The van der Waals surface area contributed by atoms with E-state index in [1.807, 2.05) is 84.9 Å². The largest absolute Gasteiger partial charge is 0.415 e. The topological polar surface area (TPSA) is 47.9 Å². The molecule has 6 nitrogen and oxygen atoms in total. The van der Waals surface area contributed by atoms with Gasteiger partial charge < -0.3 is 18.3 Å². The molecule has 0 fully saturated rings. The van der Waals surface area contributed by atoms with Crippen LogP contribution in [0.25, 0.3) is 126 Å². The van der Waals surface area contributed by atoms with Gasteiger partial charge in [-0.3, -0.25) is 0 Å². The Morgan fingerprint density at radius 1 is 0.389 bits per heavy atom. The van der Waals surface area contributed by atoms with Crippen molar-refractivity contribution in [2.45, 2.75) is 6.18 Å². The molecule has 0 spiro atoms. The number of benzene rings is 10. The highest BCUT2D eigenvalue weighted by atomic mass is 19.4. The molecule has 338 valence electrons. The molecule has 14 rings (SSSR count). The van der Waals surface area contributed by atoms with Crippen molar-refractivity contribution >= 4 is 92.9 Å². The normalized spacial score (nSPS) is 12.1. The van der Waals surface area contributed by atoms with Gasteiger partial charge in [0, 0.05) is 65.6 Å². The average molecular weight is 933 g/mol. The first kappa shape index (κ1) is 41.2. The molecule has 10 aromatic carbocycles. The lowest BCUT2D eigenvalue weighted by Gasteiger charge is -2.22. The van der Waals surface area contributed by atoms with Crippen LogP contribution in [0, 0.1) is 17.9 Å². The molecule has 4 aromatic heterocycles. The number of nitrogens with zero attached hydrogens (tertiary/aromatic N) is 6. The summed E-state index contributed by atoms with van der Waals surface area (Å²) in [5.41, 5.74) is 10.3. The zero-order valence-electron chi connectivity index (χ0n) is 38.0. The first-order valence-corrected chi connectivity index (χ1v) is 23.5. The van der Waals surface area contributed by atoms with Gasteiger partial charge in [0.05, 0.1) is 73.7 Å². The first-order chi connectivity index (χ1) is 35.3. The Labute approximate surface area is 408 Å². The van der Waals surface area contributed by atoms with Gasteiger partial charge in [-0.05, 0) is 84.4 Å². The van der Waals surface area contributed by atoms with Gasteiger partial charge in [-0.25, -0.2) is 4.85 Å². The molecule has 14 aromatic rings. The van der Waals surface area contributed by atoms with Crippen molar-refractivity contribution in [3.8, 4) is 39.9 Å². The molecular formula is C63H35F3N6. The van der Waals surface area contributed by atoms with Crippen molar-refractivity contribution < 1.29 is 13.2 Å². The Bertz CT molecular complexity index is 4360. The summed E-state index contributed by atoms with van der Waals surface area (Å²) in [6.07, 6.45) is -4.69. The van der Waals surface area contributed by atoms with Crippen LogP contribution in [0.15, 0.2) is 212 Å². The van der Waals surface area contributed by atoms with Crippen molar-refractivity contribution in [1.29, 1.82) is 5.26 Å². The fourth-order valence-corrected chi connectivity index (χ4v) is 11.4. The van der Waals surface area contributed by atoms with Crippen molar-refractivity contribution in [3.63, 3.8) is 0 Å². The molecule has 0 radical (unpaired) electrons. The molecule has 0 amide bonds. The molecule has 4 heterocycles. The third-order valence-corrected chi connectivity index (χ3v) is 14.4. The summed E-state index contributed by atoms with van der Waals surface area (Å²) in [5.74, 6) is 0. The number of halogens is 3. The van der Waals surface area contributed by atoms with Crippen LogP contribution in [0.2, 0.25) is 0 Å². The van der Waals surface area contributed by atoms with Crippen LogP contribution in [0.4, 0.5) is 18.9 Å². The van der Waals surface area contributed by atoms with Gasteiger partial charge in [0.15, 0.2) is 5.69 Å². The smallest absolute Gasteiger partial charge is 0.309 e. The van der Waals surface area contributed by atoms with E-state index in [0.29, 0.717) is 28.1 Å². The molecule has 9 heteroatoms. The van der Waals surface area contributed by atoms with Gasteiger partial charge >= 0.3 is 6.18 Å². The lowest BCUT2D eigenvalue weighted by Crippen LogP contribution is -2.07. The SMILES string of the molecule is [C-]#[N+]c1cc(C(F)(F)F)ccc1-c1c(-n2c3ccccc3c3ccc(-n4c5ccccc5c5ccccc54)cc32)cc(C#N)cc1-n1c2ccccc2c2ccc(-n3c4ccccc4c4ccccc43)cc21. The Morgan fingerprint density at radius 2 is 0.736 bits per heavy atom. The maximum atomic E-state index is 14.6. The molecule has 0 aliphatic carbocycles. The average Bonchev–Trinajstić information content (AvgIpc) is 4.15. The molecule has 0 bridgehead atoms. The third kappa shape index (κ3) is 5.89. The maximum absolute atomic E-state index is 14.6. The quantitative estimate of drug-likeness (QED) is 0.159. The number of aromatic nitrogens is 4. The summed E-state index contributed by atoms with van der Waals surface area (Å²) < 4.78 is 52.5. The van der Waals surface area contributed by atoms with Crippen molar-refractivity contribution in [3.05, 3.63) is 235 Å². The molecular weight excluding hydrogens is 898 g/mol. The molecule has 0 unspecified atom stereocenters. The Morgan fingerprint density at radius 3 is 1.08 bits per heavy atom. The second kappa shape index (κ2) is 15.3. The molecule has 0 saturated heterocycles. The number of fused-ring (bicyclic) bond motifs is 12. The highest BCUT2D eigenvalue weighted by Crippen LogP contribution is 2.48. The van der Waals surface area contributed by atoms with Crippen molar-refractivity contribution in [1.82, 2.24) is 18.3 Å². The highest BCUT2D eigenvalue weighted by Gasteiger charge is 2.32. The molecule has 0 N–H and O–H groups in total. The van der Waals surface area contributed by atoms with E-state index in [2.05, 4.69) is 126 Å². The van der Waals surface area contributed by atoms with E-state index in [0.717, 1.165) is 111 Å². The summed E-state index contributed by atoms with van der Waals surface area (Å²) in [6.45, 7) is 8.49. The van der Waals surface area contributed by atoms with E-state index < -0.39 is 11.7 Å². The van der Waals surface area contributed by atoms with Gasteiger partial charge in [-0.15, -0.1) is 0 Å². The monoisotopic (exact) mass is 932 g/mol. The fraction of sp³-hybridized carbons (Fsp3) is 0.0159. The predicted octanol–water partition coefficient (Wildman–Crippen LogP) is 17.2. The Balaban J connectivity index is 1.13. The molecule has 72 heavy (non-hydrogen) atoms. The number of hydrogen-bond donors (Lipinski definition) is 0. The second-order valence-electron chi connectivity index (χ2n) is 18.2. The molecule has 0 atom stereocenters. The number of rotatable bonds is 5. The Kier molecular flexibility index (Phi) is 8.77. The minimum absolute atomic E-state index is 0.171. The number of nitriles is 1. The van der Waals surface area contributed by atoms with Crippen LogP contribution in [0.3, 0.4) is 0 Å². The van der Waals surface area contributed by atoms with Gasteiger partial charge in [0.25, 0.3) is 0 Å². The molecule has 0 saturated carbocycles. The van der Waals surface area contributed by atoms with Crippen LogP contribution < -0.4 is 0 Å². The van der Waals surface area contributed by atoms with E-state index in [1.54, 1.807) is 12.1 Å². The predicted molar refractivity (Wildman–Crippen MR) is 285 cm³/mol. The number of alkyl halides is 3. The number of hydrogen-bond acceptors (Lipinski definition) is 1. The lowest BCUT2D eigenvalue weighted by molar-refractivity contribution is -0.137. The van der Waals surface area contributed by atoms with Gasteiger partial charge in [0.2, 0.25) is 0 Å².